The second-order valence-electron chi connectivity index (χ2n) is 10.2. The van der Waals surface area contributed by atoms with Crippen molar-refractivity contribution in [3.63, 3.8) is 0 Å². The van der Waals surface area contributed by atoms with Gasteiger partial charge in [0.05, 0.1) is 25.7 Å². The Morgan fingerprint density at radius 1 is 0.638 bits per heavy atom. The van der Waals surface area contributed by atoms with E-state index in [0.29, 0.717) is 22.6 Å². The van der Waals surface area contributed by atoms with Crippen LogP contribution in [0.1, 0.15) is 16.7 Å². The third kappa shape index (κ3) is 8.33. The maximum atomic E-state index is 14.4. The van der Waals surface area contributed by atoms with E-state index in [1.807, 2.05) is 60.7 Å². The first kappa shape index (κ1) is 34.0. The molecule has 1 N–H and O–H groups in total. The molecule has 0 fully saturated rings. The summed E-state index contributed by atoms with van der Waals surface area (Å²) >= 11 is 6.57. The first-order valence-electron chi connectivity index (χ1n) is 13.9. The summed E-state index contributed by atoms with van der Waals surface area (Å²) in [5.41, 5.74) is 3.23. The number of rotatable bonds is 5. The molecule has 0 aliphatic carbocycles. The summed E-state index contributed by atoms with van der Waals surface area (Å²) < 4.78 is 93.0. The molecule has 240 valence electrons. The standard InChI is InChI=1S/C21H13F4N.C15H10Br2F3N/c22-18-7-3-2-6-17(18)20-13-14-5-1-4-8-19(14)26(20)16-11-9-15(10-12-16)21(23,24)25;16-14(17)9-10-3-1-2-4-13(10)21-12-7-5-11(6-8-12)15(18,19)20/h1-13H;1-9,21H. The Bertz CT molecular complexity index is 2010. The van der Waals surface area contributed by atoms with Gasteiger partial charge in [0.15, 0.2) is 0 Å². The lowest BCUT2D eigenvalue weighted by molar-refractivity contribution is -0.138. The maximum absolute atomic E-state index is 14.4. The van der Waals surface area contributed by atoms with Crippen LogP contribution in [-0.4, -0.2) is 4.57 Å². The third-order valence-corrected chi connectivity index (χ3v) is 7.49. The summed E-state index contributed by atoms with van der Waals surface area (Å²) in [6, 6.07) is 32.9. The molecule has 0 aliphatic heterocycles. The van der Waals surface area contributed by atoms with E-state index in [2.05, 4.69) is 37.2 Å². The highest BCUT2D eigenvalue weighted by Crippen LogP contribution is 2.35. The monoisotopic (exact) mass is 774 g/mol. The van der Waals surface area contributed by atoms with Crippen LogP contribution in [0.25, 0.3) is 33.9 Å². The van der Waals surface area contributed by atoms with Gasteiger partial charge in [0.25, 0.3) is 0 Å². The minimum absolute atomic E-state index is 0.386. The topological polar surface area (TPSA) is 17.0 Å². The SMILES string of the molecule is FC(F)(F)c1ccc(Nc2ccccc2C=C(Br)Br)cc1.Fc1ccccc1-c1cc2ccccc2n1-c1ccc(C(F)(F)F)cc1. The molecule has 0 radical (unpaired) electrons. The summed E-state index contributed by atoms with van der Waals surface area (Å²) in [5, 5.41) is 3.98. The predicted octanol–water partition coefficient (Wildman–Crippen LogP) is 13.0. The molecule has 0 amide bonds. The lowest BCUT2D eigenvalue weighted by Crippen LogP contribution is -2.05. The molecule has 0 atom stereocenters. The van der Waals surface area contributed by atoms with E-state index in [-0.39, 0.29) is 5.82 Å². The van der Waals surface area contributed by atoms with Gasteiger partial charge in [-0.25, -0.2) is 4.39 Å². The second kappa shape index (κ2) is 14.2. The Morgan fingerprint density at radius 2 is 1.19 bits per heavy atom. The third-order valence-electron chi connectivity index (χ3n) is 7.03. The van der Waals surface area contributed by atoms with Gasteiger partial charge in [0.1, 0.15) is 5.82 Å². The molecule has 0 unspecified atom stereocenters. The zero-order chi connectivity index (χ0) is 33.8. The van der Waals surface area contributed by atoms with E-state index in [0.717, 1.165) is 49.8 Å². The smallest absolute Gasteiger partial charge is 0.355 e. The van der Waals surface area contributed by atoms with Crippen LogP contribution >= 0.6 is 31.9 Å². The zero-order valence-corrected chi connectivity index (χ0v) is 27.2. The molecule has 1 aromatic heterocycles. The molecular weight excluding hydrogens is 753 g/mol. The van der Waals surface area contributed by atoms with Crippen molar-refractivity contribution >= 4 is 60.2 Å². The summed E-state index contributed by atoms with van der Waals surface area (Å²) in [5.74, 6) is -0.386. The number of benzene rings is 5. The number of nitrogens with one attached hydrogen (secondary N) is 1. The van der Waals surface area contributed by atoms with Crippen LogP contribution in [0.3, 0.4) is 0 Å². The molecule has 0 saturated heterocycles. The van der Waals surface area contributed by atoms with E-state index in [9.17, 15) is 30.7 Å². The number of anilines is 2. The minimum Gasteiger partial charge on any atom is -0.355 e. The highest BCUT2D eigenvalue weighted by atomic mass is 79.9. The Kier molecular flexibility index (Phi) is 10.3. The molecular formula is C36H23Br2F7N2. The molecule has 6 rings (SSSR count). The van der Waals surface area contributed by atoms with Crippen molar-refractivity contribution in [3.8, 4) is 16.9 Å². The van der Waals surface area contributed by atoms with Crippen molar-refractivity contribution in [3.05, 3.63) is 153 Å². The Morgan fingerprint density at radius 3 is 1.81 bits per heavy atom. The molecule has 0 aliphatic rings. The molecule has 2 nitrogen and oxygen atoms in total. The molecule has 47 heavy (non-hydrogen) atoms. The van der Waals surface area contributed by atoms with Gasteiger partial charge in [-0.2, -0.15) is 26.3 Å². The molecule has 6 aromatic rings. The lowest BCUT2D eigenvalue weighted by Gasteiger charge is -2.13. The fourth-order valence-electron chi connectivity index (χ4n) is 4.85. The van der Waals surface area contributed by atoms with Gasteiger partial charge in [0.2, 0.25) is 0 Å². The molecule has 0 spiro atoms. The quantitative estimate of drug-likeness (QED) is 0.173. The predicted molar refractivity (Wildman–Crippen MR) is 181 cm³/mol. The van der Waals surface area contributed by atoms with Crippen molar-refractivity contribution in [1.82, 2.24) is 4.57 Å². The van der Waals surface area contributed by atoms with Gasteiger partial charge >= 0.3 is 12.4 Å². The average molecular weight is 776 g/mol. The Labute approximate surface area is 282 Å². The largest absolute Gasteiger partial charge is 0.416 e. The van der Waals surface area contributed by atoms with Crippen LogP contribution < -0.4 is 5.32 Å². The fourth-order valence-corrected chi connectivity index (χ4v) is 5.35. The second-order valence-corrected chi connectivity index (χ2v) is 12.9. The van der Waals surface area contributed by atoms with Crippen molar-refractivity contribution in [2.45, 2.75) is 12.4 Å². The van der Waals surface area contributed by atoms with Crippen molar-refractivity contribution < 1.29 is 30.7 Å². The van der Waals surface area contributed by atoms with Gasteiger partial charge in [-0.3, -0.25) is 0 Å². The molecule has 11 heteroatoms. The van der Waals surface area contributed by atoms with Gasteiger partial charge in [-0.1, -0.05) is 48.5 Å². The van der Waals surface area contributed by atoms with Crippen molar-refractivity contribution in [2.24, 2.45) is 0 Å². The number of fused-ring (bicyclic) bond motifs is 1. The summed E-state index contributed by atoms with van der Waals surface area (Å²) in [7, 11) is 0. The van der Waals surface area contributed by atoms with E-state index < -0.39 is 23.5 Å². The van der Waals surface area contributed by atoms with E-state index in [1.165, 1.54) is 30.3 Å². The maximum Gasteiger partial charge on any atom is 0.416 e. The fraction of sp³-hybridized carbons (Fsp3) is 0.0556. The number of nitrogens with zero attached hydrogens (tertiary/aromatic N) is 1. The minimum atomic E-state index is -4.40. The summed E-state index contributed by atoms with van der Waals surface area (Å²) in [6.45, 7) is 0. The van der Waals surface area contributed by atoms with Crippen molar-refractivity contribution in [1.29, 1.82) is 0 Å². The summed E-state index contributed by atoms with van der Waals surface area (Å²) in [4.78, 5) is 0. The highest BCUT2D eigenvalue weighted by Gasteiger charge is 2.31. The van der Waals surface area contributed by atoms with E-state index in [1.54, 1.807) is 22.8 Å². The number of aromatic nitrogens is 1. The van der Waals surface area contributed by atoms with E-state index >= 15 is 0 Å². The van der Waals surface area contributed by atoms with Crippen LogP contribution in [0, 0.1) is 5.82 Å². The number of halogens is 9. The number of hydrogen-bond acceptors (Lipinski definition) is 1. The van der Waals surface area contributed by atoms with Gasteiger partial charge in [-0.15, -0.1) is 0 Å². The van der Waals surface area contributed by atoms with Gasteiger partial charge in [-0.05, 0) is 122 Å². The molecule has 0 bridgehead atoms. The van der Waals surface area contributed by atoms with Gasteiger partial charge < -0.3 is 9.88 Å². The highest BCUT2D eigenvalue weighted by molar-refractivity contribution is 9.28. The van der Waals surface area contributed by atoms with Crippen LogP contribution in [0.2, 0.25) is 0 Å². The zero-order valence-electron chi connectivity index (χ0n) is 24.1. The first-order valence-corrected chi connectivity index (χ1v) is 15.5. The molecule has 5 aromatic carbocycles. The number of para-hydroxylation sites is 2. The van der Waals surface area contributed by atoms with Crippen LogP contribution in [-0.2, 0) is 12.4 Å². The lowest BCUT2D eigenvalue weighted by atomic mass is 10.1. The van der Waals surface area contributed by atoms with Crippen LogP contribution in [0.5, 0.6) is 0 Å². The van der Waals surface area contributed by atoms with Crippen LogP contribution in [0.4, 0.5) is 42.1 Å². The normalized spacial score (nSPS) is 11.5. The Balaban J connectivity index is 0.000000189. The first-order chi connectivity index (χ1) is 22.3. The molecule has 0 saturated carbocycles. The van der Waals surface area contributed by atoms with E-state index in [4.69, 9.17) is 0 Å². The van der Waals surface area contributed by atoms with Gasteiger partial charge in [0, 0.05) is 28.0 Å². The Hall–Kier alpha value is -4.35. The molecule has 1 heterocycles. The van der Waals surface area contributed by atoms with Crippen molar-refractivity contribution in [2.75, 3.05) is 5.32 Å². The number of hydrogen-bond donors (Lipinski definition) is 1. The summed E-state index contributed by atoms with van der Waals surface area (Å²) in [6.07, 6.45) is -6.86. The van der Waals surface area contributed by atoms with Crippen LogP contribution in [0.15, 0.2) is 131 Å². The average Bonchev–Trinajstić information content (AvgIpc) is 3.41. The number of alkyl halides is 6.